The normalized spacial score (nSPS) is 11.3. The summed E-state index contributed by atoms with van der Waals surface area (Å²) in [6.07, 6.45) is 1.53. The third kappa shape index (κ3) is 2.06. The molecular formula is C6H12N2O2. The monoisotopic (exact) mass is 144 g/mol. The molecular weight excluding hydrogens is 132 g/mol. The van der Waals surface area contributed by atoms with Crippen LogP contribution in [0.3, 0.4) is 0 Å². The fourth-order valence-electron chi connectivity index (χ4n) is 0.388. The molecule has 0 saturated carbocycles. The van der Waals surface area contributed by atoms with Gasteiger partial charge in [-0.05, 0) is 6.92 Å². The minimum atomic E-state index is -0.329. The lowest BCUT2D eigenvalue weighted by Gasteiger charge is -2.12. The number of amides is 1. The zero-order valence-corrected chi connectivity index (χ0v) is 6.42. The molecule has 0 heterocycles. The maximum atomic E-state index is 10.9. The quantitative estimate of drug-likeness (QED) is 0.434. The number of carbonyl (C=O) groups excluding carboxylic acids is 1. The van der Waals surface area contributed by atoms with Gasteiger partial charge in [-0.1, -0.05) is 6.08 Å². The zero-order chi connectivity index (χ0) is 8.15. The van der Waals surface area contributed by atoms with Crippen molar-refractivity contribution in [1.82, 2.24) is 5.06 Å². The average molecular weight is 144 g/mol. The number of likely N-dealkylation sites (N-methyl/N-ethyl adjacent to an activating group) is 1. The van der Waals surface area contributed by atoms with Crippen LogP contribution in [0, 0.1) is 0 Å². The number of nitrogens with zero attached hydrogens (tertiary/aromatic N) is 1. The van der Waals surface area contributed by atoms with Crippen LogP contribution in [0.4, 0.5) is 0 Å². The number of hydrogen-bond acceptors (Lipinski definition) is 3. The van der Waals surface area contributed by atoms with Crippen molar-refractivity contribution in [3.63, 3.8) is 0 Å². The Bertz CT molecular complexity index is 154. The predicted molar refractivity (Wildman–Crippen MR) is 37.7 cm³/mol. The van der Waals surface area contributed by atoms with E-state index < -0.39 is 0 Å². The molecule has 0 atom stereocenters. The van der Waals surface area contributed by atoms with Crippen molar-refractivity contribution in [2.75, 3.05) is 14.2 Å². The number of carbonyl (C=O) groups is 1. The number of rotatable bonds is 2. The molecule has 0 aliphatic carbocycles. The van der Waals surface area contributed by atoms with Crippen molar-refractivity contribution in [3.8, 4) is 0 Å². The minimum Gasteiger partial charge on any atom is -0.394 e. The lowest BCUT2D eigenvalue weighted by Crippen LogP contribution is -2.29. The van der Waals surface area contributed by atoms with Gasteiger partial charge in [0.2, 0.25) is 0 Å². The summed E-state index contributed by atoms with van der Waals surface area (Å²) in [5.41, 5.74) is 5.47. The summed E-state index contributed by atoms with van der Waals surface area (Å²) < 4.78 is 0. The molecule has 0 fully saturated rings. The van der Waals surface area contributed by atoms with Crippen LogP contribution >= 0.6 is 0 Å². The summed E-state index contributed by atoms with van der Waals surface area (Å²) >= 11 is 0. The van der Waals surface area contributed by atoms with Crippen molar-refractivity contribution < 1.29 is 9.63 Å². The number of allylic oxidation sites excluding steroid dienone is 1. The molecule has 1 amide bonds. The standard InChI is InChI=1S/C6H12N2O2/c1-4-5(7)6(9)8(2)10-3/h4H,7H2,1-3H3/b5-4-. The van der Waals surface area contributed by atoms with Crippen LogP contribution in [0.15, 0.2) is 11.8 Å². The van der Waals surface area contributed by atoms with E-state index in [-0.39, 0.29) is 11.6 Å². The lowest BCUT2D eigenvalue weighted by molar-refractivity contribution is -0.164. The second-order valence-corrected chi connectivity index (χ2v) is 1.73. The smallest absolute Gasteiger partial charge is 0.292 e. The van der Waals surface area contributed by atoms with Crippen molar-refractivity contribution >= 4 is 5.91 Å². The molecule has 58 valence electrons. The first-order valence-electron chi connectivity index (χ1n) is 2.87. The Morgan fingerprint density at radius 2 is 2.20 bits per heavy atom. The first-order valence-corrected chi connectivity index (χ1v) is 2.87. The van der Waals surface area contributed by atoms with E-state index in [1.165, 1.54) is 20.2 Å². The fraction of sp³-hybridized carbons (Fsp3) is 0.500. The number of hydrogen-bond donors (Lipinski definition) is 1. The summed E-state index contributed by atoms with van der Waals surface area (Å²) in [7, 11) is 2.90. The van der Waals surface area contributed by atoms with Gasteiger partial charge in [0.1, 0.15) is 0 Å². The van der Waals surface area contributed by atoms with Crippen LogP contribution in [0.5, 0.6) is 0 Å². The maximum Gasteiger partial charge on any atom is 0.292 e. The van der Waals surface area contributed by atoms with Gasteiger partial charge in [-0.3, -0.25) is 9.63 Å². The van der Waals surface area contributed by atoms with Gasteiger partial charge in [-0.25, -0.2) is 5.06 Å². The highest BCUT2D eigenvalue weighted by Crippen LogP contribution is 1.91. The highest BCUT2D eigenvalue weighted by molar-refractivity contribution is 5.91. The van der Waals surface area contributed by atoms with Gasteiger partial charge in [0.25, 0.3) is 5.91 Å². The molecule has 0 aliphatic rings. The Morgan fingerprint density at radius 3 is 2.50 bits per heavy atom. The highest BCUT2D eigenvalue weighted by atomic mass is 16.7. The van der Waals surface area contributed by atoms with Crippen molar-refractivity contribution in [3.05, 3.63) is 11.8 Å². The van der Waals surface area contributed by atoms with Crippen LogP contribution in [-0.2, 0) is 9.63 Å². The zero-order valence-electron chi connectivity index (χ0n) is 6.42. The average Bonchev–Trinajstić information content (AvgIpc) is 2.00. The number of nitrogens with two attached hydrogens (primary N) is 1. The molecule has 4 heteroatoms. The van der Waals surface area contributed by atoms with Gasteiger partial charge in [0.15, 0.2) is 0 Å². The molecule has 0 aliphatic heterocycles. The summed E-state index contributed by atoms with van der Waals surface area (Å²) in [5.74, 6) is -0.329. The molecule has 10 heavy (non-hydrogen) atoms. The Morgan fingerprint density at radius 1 is 1.70 bits per heavy atom. The van der Waals surface area contributed by atoms with E-state index in [4.69, 9.17) is 5.73 Å². The largest absolute Gasteiger partial charge is 0.394 e. The van der Waals surface area contributed by atoms with Crippen LogP contribution < -0.4 is 5.73 Å². The summed E-state index contributed by atoms with van der Waals surface area (Å²) in [6.45, 7) is 1.69. The predicted octanol–water partition coefficient (Wildman–Crippen LogP) is -0.131. The van der Waals surface area contributed by atoms with Gasteiger partial charge in [-0.15, -0.1) is 0 Å². The van der Waals surface area contributed by atoms with E-state index in [0.29, 0.717) is 0 Å². The van der Waals surface area contributed by atoms with E-state index in [1.807, 2.05) is 0 Å². The van der Waals surface area contributed by atoms with Gasteiger partial charge in [-0.2, -0.15) is 0 Å². The van der Waals surface area contributed by atoms with Crippen LogP contribution in [-0.4, -0.2) is 25.1 Å². The van der Waals surface area contributed by atoms with Gasteiger partial charge in [0, 0.05) is 7.05 Å². The Labute approximate surface area is 60.2 Å². The van der Waals surface area contributed by atoms with Crippen LogP contribution in [0.1, 0.15) is 6.92 Å². The van der Waals surface area contributed by atoms with Crippen LogP contribution in [0.25, 0.3) is 0 Å². The molecule has 0 aromatic heterocycles. The molecule has 0 aromatic carbocycles. The first kappa shape index (κ1) is 8.97. The molecule has 0 bridgehead atoms. The van der Waals surface area contributed by atoms with E-state index in [2.05, 4.69) is 4.84 Å². The molecule has 0 radical (unpaired) electrons. The van der Waals surface area contributed by atoms with Crippen molar-refractivity contribution in [2.24, 2.45) is 5.73 Å². The van der Waals surface area contributed by atoms with E-state index in [9.17, 15) is 4.79 Å². The number of hydroxylamine groups is 2. The lowest BCUT2D eigenvalue weighted by atomic mass is 10.4. The van der Waals surface area contributed by atoms with Gasteiger partial charge >= 0.3 is 0 Å². The molecule has 0 unspecified atom stereocenters. The third-order valence-corrected chi connectivity index (χ3v) is 1.12. The minimum absolute atomic E-state index is 0.185. The van der Waals surface area contributed by atoms with E-state index >= 15 is 0 Å². The summed E-state index contributed by atoms with van der Waals surface area (Å²) in [4.78, 5) is 15.5. The summed E-state index contributed by atoms with van der Waals surface area (Å²) in [5, 5.41) is 1.06. The second-order valence-electron chi connectivity index (χ2n) is 1.73. The van der Waals surface area contributed by atoms with E-state index in [0.717, 1.165) is 5.06 Å². The Kier molecular flexibility index (Phi) is 3.49. The first-order chi connectivity index (χ1) is 4.63. The molecule has 0 spiro atoms. The third-order valence-electron chi connectivity index (χ3n) is 1.12. The molecule has 0 saturated heterocycles. The van der Waals surface area contributed by atoms with Gasteiger partial charge < -0.3 is 5.73 Å². The maximum absolute atomic E-state index is 10.9. The second kappa shape index (κ2) is 3.90. The highest BCUT2D eigenvalue weighted by Gasteiger charge is 2.08. The molecule has 4 nitrogen and oxygen atoms in total. The Balaban J connectivity index is 4.08. The molecule has 2 N–H and O–H groups in total. The van der Waals surface area contributed by atoms with Crippen LogP contribution in [0.2, 0.25) is 0 Å². The summed E-state index contributed by atoms with van der Waals surface area (Å²) in [6, 6.07) is 0. The fourth-order valence-corrected chi connectivity index (χ4v) is 0.388. The van der Waals surface area contributed by atoms with Crippen molar-refractivity contribution in [1.29, 1.82) is 0 Å². The van der Waals surface area contributed by atoms with E-state index in [1.54, 1.807) is 6.92 Å². The topological polar surface area (TPSA) is 55.6 Å². The Hall–Kier alpha value is -1.03. The van der Waals surface area contributed by atoms with Crippen molar-refractivity contribution in [2.45, 2.75) is 6.92 Å². The molecule has 0 rings (SSSR count). The SMILES string of the molecule is C/C=C(\N)C(=O)N(C)OC. The molecule has 0 aromatic rings. The van der Waals surface area contributed by atoms with Gasteiger partial charge in [0.05, 0.1) is 12.8 Å².